The van der Waals surface area contributed by atoms with Crippen molar-refractivity contribution in [2.45, 2.75) is 18.4 Å². The zero-order chi connectivity index (χ0) is 16.6. The second-order valence-corrected chi connectivity index (χ2v) is 7.67. The third kappa shape index (κ3) is 3.07. The van der Waals surface area contributed by atoms with E-state index in [1.165, 1.54) is 6.26 Å². The molecule has 1 heterocycles. The van der Waals surface area contributed by atoms with Gasteiger partial charge in [-0.15, -0.1) is 0 Å². The molecule has 2 aromatic carbocycles. The Kier molecular flexibility index (Phi) is 3.85. The SMILES string of the molecule is Cc1ccc(NCc2nc3ccccc3n2C)cc1S(C)(=O)=O. The number of imidazole rings is 1. The number of para-hydroxylation sites is 2. The molecule has 1 aromatic heterocycles. The molecule has 0 aliphatic rings. The predicted molar refractivity (Wildman–Crippen MR) is 92.3 cm³/mol. The van der Waals surface area contributed by atoms with E-state index in [4.69, 9.17) is 0 Å². The molecule has 0 amide bonds. The monoisotopic (exact) mass is 329 g/mol. The van der Waals surface area contributed by atoms with Gasteiger partial charge in [0.25, 0.3) is 0 Å². The van der Waals surface area contributed by atoms with Gasteiger partial charge in [-0.1, -0.05) is 18.2 Å². The van der Waals surface area contributed by atoms with Crippen LogP contribution in [0.5, 0.6) is 0 Å². The highest BCUT2D eigenvalue weighted by Crippen LogP contribution is 2.21. The van der Waals surface area contributed by atoms with Crippen molar-refractivity contribution in [3.05, 3.63) is 53.9 Å². The van der Waals surface area contributed by atoms with Crippen LogP contribution in [0.4, 0.5) is 5.69 Å². The van der Waals surface area contributed by atoms with Crippen LogP contribution < -0.4 is 5.32 Å². The minimum absolute atomic E-state index is 0.354. The lowest BCUT2D eigenvalue weighted by Gasteiger charge is -2.10. The van der Waals surface area contributed by atoms with Crippen LogP contribution in [0.3, 0.4) is 0 Å². The lowest BCUT2D eigenvalue weighted by atomic mass is 10.2. The van der Waals surface area contributed by atoms with E-state index in [2.05, 4.69) is 10.3 Å². The molecule has 0 radical (unpaired) electrons. The van der Waals surface area contributed by atoms with Crippen LogP contribution >= 0.6 is 0 Å². The molecule has 120 valence electrons. The van der Waals surface area contributed by atoms with Crippen LogP contribution in [-0.4, -0.2) is 24.2 Å². The fraction of sp³-hybridized carbons (Fsp3) is 0.235. The summed E-state index contributed by atoms with van der Waals surface area (Å²) in [6.07, 6.45) is 1.23. The molecule has 0 saturated carbocycles. The first-order valence-electron chi connectivity index (χ1n) is 7.31. The molecule has 3 aromatic rings. The van der Waals surface area contributed by atoms with Crippen molar-refractivity contribution >= 4 is 26.6 Å². The molecule has 23 heavy (non-hydrogen) atoms. The minimum Gasteiger partial charge on any atom is -0.378 e. The lowest BCUT2D eigenvalue weighted by molar-refractivity contribution is 0.601. The van der Waals surface area contributed by atoms with Crippen LogP contribution in [0.1, 0.15) is 11.4 Å². The highest BCUT2D eigenvalue weighted by atomic mass is 32.2. The molecule has 0 fully saturated rings. The number of sulfone groups is 1. The van der Waals surface area contributed by atoms with E-state index in [9.17, 15) is 8.42 Å². The second-order valence-electron chi connectivity index (χ2n) is 5.68. The maximum Gasteiger partial charge on any atom is 0.175 e. The minimum atomic E-state index is -3.23. The summed E-state index contributed by atoms with van der Waals surface area (Å²) < 4.78 is 25.7. The van der Waals surface area contributed by atoms with Gasteiger partial charge in [-0.25, -0.2) is 13.4 Å². The largest absolute Gasteiger partial charge is 0.378 e. The Labute approximate surface area is 135 Å². The number of benzene rings is 2. The van der Waals surface area contributed by atoms with Crippen molar-refractivity contribution in [3.8, 4) is 0 Å². The molecule has 0 aliphatic carbocycles. The quantitative estimate of drug-likeness (QED) is 0.799. The van der Waals surface area contributed by atoms with Crippen molar-refractivity contribution in [3.63, 3.8) is 0 Å². The predicted octanol–water partition coefficient (Wildman–Crippen LogP) is 2.90. The van der Waals surface area contributed by atoms with E-state index in [0.717, 1.165) is 28.1 Å². The topological polar surface area (TPSA) is 64.0 Å². The molecule has 0 bridgehead atoms. The van der Waals surface area contributed by atoms with E-state index in [1.807, 2.05) is 48.0 Å². The van der Waals surface area contributed by atoms with E-state index < -0.39 is 9.84 Å². The Bertz CT molecular complexity index is 975. The van der Waals surface area contributed by atoms with E-state index in [-0.39, 0.29) is 0 Å². The molecule has 5 nitrogen and oxygen atoms in total. The van der Waals surface area contributed by atoms with Crippen molar-refractivity contribution in [1.82, 2.24) is 9.55 Å². The second kappa shape index (κ2) is 5.70. The smallest absolute Gasteiger partial charge is 0.175 e. The first-order chi connectivity index (χ1) is 10.9. The number of rotatable bonds is 4. The molecule has 0 spiro atoms. The molecule has 3 rings (SSSR count). The first-order valence-corrected chi connectivity index (χ1v) is 9.20. The van der Waals surface area contributed by atoms with Crippen LogP contribution in [0, 0.1) is 6.92 Å². The van der Waals surface area contributed by atoms with Gasteiger partial charge in [0.1, 0.15) is 5.82 Å². The molecular weight excluding hydrogens is 310 g/mol. The summed E-state index contributed by atoms with van der Waals surface area (Å²) in [4.78, 5) is 4.95. The number of aromatic nitrogens is 2. The van der Waals surface area contributed by atoms with Gasteiger partial charge < -0.3 is 9.88 Å². The lowest BCUT2D eigenvalue weighted by Crippen LogP contribution is -2.07. The Morgan fingerprint density at radius 3 is 2.61 bits per heavy atom. The van der Waals surface area contributed by atoms with Gasteiger partial charge in [0, 0.05) is 19.0 Å². The van der Waals surface area contributed by atoms with Crippen LogP contribution in [-0.2, 0) is 23.4 Å². The van der Waals surface area contributed by atoms with Crippen molar-refractivity contribution in [1.29, 1.82) is 0 Å². The maximum atomic E-state index is 11.8. The Morgan fingerprint density at radius 2 is 1.91 bits per heavy atom. The molecule has 1 N–H and O–H groups in total. The van der Waals surface area contributed by atoms with Crippen LogP contribution in [0.2, 0.25) is 0 Å². The van der Waals surface area contributed by atoms with Crippen molar-refractivity contribution in [2.75, 3.05) is 11.6 Å². The number of fused-ring (bicyclic) bond motifs is 1. The third-order valence-electron chi connectivity index (χ3n) is 3.92. The maximum absolute atomic E-state index is 11.8. The normalized spacial score (nSPS) is 11.8. The van der Waals surface area contributed by atoms with Crippen molar-refractivity contribution < 1.29 is 8.42 Å². The molecular formula is C17H19N3O2S. The Hall–Kier alpha value is -2.34. The highest BCUT2D eigenvalue weighted by molar-refractivity contribution is 7.90. The number of aryl methyl sites for hydroxylation is 2. The number of hydrogen-bond donors (Lipinski definition) is 1. The molecule has 0 atom stereocenters. The van der Waals surface area contributed by atoms with E-state index >= 15 is 0 Å². The van der Waals surface area contributed by atoms with E-state index in [1.54, 1.807) is 13.0 Å². The summed E-state index contributed by atoms with van der Waals surface area (Å²) in [5.41, 5.74) is 3.54. The van der Waals surface area contributed by atoms with Gasteiger partial charge in [0.05, 0.1) is 22.5 Å². The van der Waals surface area contributed by atoms with Gasteiger partial charge in [0.2, 0.25) is 0 Å². The van der Waals surface area contributed by atoms with Gasteiger partial charge in [-0.2, -0.15) is 0 Å². The zero-order valence-electron chi connectivity index (χ0n) is 13.4. The zero-order valence-corrected chi connectivity index (χ0v) is 14.2. The Morgan fingerprint density at radius 1 is 1.17 bits per heavy atom. The number of nitrogens with zero attached hydrogens (tertiary/aromatic N) is 2. The molecule has 6 heteroatoms. The molecule has 0 aliphatic heterocycles. The highest BCUT2D eigenvalue weighted by Gasteiger charge is 2.12. The summed E-state index contributed by atoms with van der Waals surface area (Å²) in [6, 6.07) is 13.3. The number of hydrogen-bond acceptors (Lipinski definition) is 4. The molecule has 0 saturated heterocycles. The number of nitrogens with one attached hydrogen (secondary N) is 1. The average molecular weight is 329 g/mol. The first kappa shape index (κ1) is 15.6. The summed E-state index contributed by atoms with van der Waals surface area (Å²) >= 11 is 0. The van der Waals surface area contributed by atoms with Gasteiger partial charge in [-0.3, -0.25) is 0 Å². The average Bonchev–Trinajstić information content (AvgIpc) is 2.82. The standard InChI is InChI=1S/C17H19N3O2S/c1-12-8-9-13(10-16(12)23(3,21)22)18-11-17-19-14-6-4-5-7-15(14)20(17)2/h4-10,18H,11H2,1-3H3. The van der Waals surface area contributed by atoms with E-state index in [0.29, 0.717) is 11.4 Å². The van der Waals surface area contributed by atoms with Gasteiger partial charge >= 0.3 is 0 Å². The van der Waals surface area contributed by atoms with Crippen molar-refractivity contribution in [2.24, 2.45) is 7.05 Å². The third-order valence-corrected chi connectivity index (χ3v) is 5.16. The van der Waals surface area contributed by atoms with Gasteiger partial charge in [-0.05, 0) is 36.8 Å². The summed E-state index contributed by atoms with van der Waals surface area (Å²) in [7, 11) is -1.25. The molecule has 0 unspecified atom stereocenters. The fourth-order valence-electron chi connectivity index (χ4n) is 2.64. The number of anilines is 1. The van der Waals surface area contributed by atoms with Crippen LogP contribution in [0.15, 0.2) is 47.4 Å². The fourth-order valence-corrected chi connectivity index (χ4v) is 3.64. The summed E-state index contributed by atoms with van der Waals surface area (Å²) in [5.74, 6) is 0.896. The Balaban J connectivity index is 1.87. The van der Waals surface area contributed by atoms with Gasteiger partial charge in [0.15, 0.2) is 9.84 Å². The summed E-state index contributed by atoms with van der Waals surface area (Å²) in [6.45, 7) is 2.32. The summed E-state index contributed by atoms with van der Waals surface area (Å²) in [5, 5.41) is 3.25. The van der Waals surface area contributed by atoms with Crippen LogP contribution in [0.25, 0.3) is 11.0 Å².